The second kappa shape index (κ2) is 5.65. The van der Waals surface area contributed by atoms with Crippen LogP contribution in [0.1, 0.15) is 26.2 Å². The van der Waals surface area contributed by atoms with Crippen molar-refractivity contribution < 1.29 is 4.79 Å². The van der Waals surface area contributed by atoms with Crippen molar-refractivity contribution >= 4 is 5.91 Å². The molecule has 1 aliphatic carbocycles. The van der Waals surface area contributed by atoms with Gasteiger partial charge in [-0.1, -0.05) is 6.08 Å². The van der Waals surface area contributed by atoms with E-state index in [1.807, 2.05) is 11.9 Å². The maximum absolute atomic E-state index is 12.1. The number of amides is 1. The molecule has 0 radical (unpaired) electrons. The Morgan fingerprint density at radius 2 is 2.47 bits per heavy atom. The number of likely N-dealkylation sites (N-methyl/N-ethyl adjacent to an activating group) is 1. The van der Waals surface area contributed by atoms with E-state index in [1.165, 1.54) is 12.1 Å². The highest BCUT2D eigenvalue weighted by Gasteiger charge is 2.21. The second-order valence-corrected chi connectivity index (χ2v) is 5.13. The Labute approximate surface area is 104 Å². The van der Waals surface area contributed by atoms with Crippen LogP contribution < -0.4 is 5.32 Å². The van der Waals surface area contributed by atoms with Gasteiger partial charge in [0.1, 0.15) is 0 Å². The fourth-order valence-corrected chi connectivity index (χ4v) is 2.57. The predicted molar refractivity (Wildman–Crippen MR) is 68.6 cm³/mol. The lowest BCUT2D eigenvalue weighted by Gasteiger charge is -2.32. The molecule has 1 atom stereocenters. The van der Waals surface area contributed by atoms with E-state index in [9.17, 15) is 4.79 Å². The first-order valence-corrected chi connectivity index (χ1v) is 6.58. The van der Waals surface area contributed by atoms with E-state index in [4.69, 9.17) is 0 Å². The molecule has 1 amide bonds. The molecule has 2 rings (SSSR count). The average molecular weight is 237 g/mol. The molecule has 0 aromatic rings. The molecule has 17 heavy (non-hydrogen) atoms. The number of carbonyl (C=O) groups is 1. The third-order valence-electron chi connectivity index (χ3n) is 3.63. The highest BCUT2D eigenvalue weighted by molar-refractivity contribution is 5.79. The third kappa shape index (κ3) is 3.30. The monoisotopic (exact) mass is 237 g/mol. The lowest BCUT2D eigenvalue weighted by atomic mass is 10.2. The molecule has 2 aliphatic rings. The minimum atomic E-state index is 0.229. The van der Waals surface area contributed by atoms with Crippen LogP contribution in [0, 0.1) is 0 Å². The van der Waals surface area contributed by atoms with Crippen molar-refractivity contribution in [2.45, 2.75) is 32.2 Å². The van der Waals surface area contributed by atoms with E-state index >= 15 is 0 Å². The molecular formula is C13H23N3O. The van der Waals surface area contributed by atoms with Gasteiger partial charge in [0.2, 0.25) is 5.91 Å². The number of carbonyl (C=O) groups excluding carboxylic acids is 1. The lowest BCUT2D eigenvalue weighted by Crippen LogP contribution is -2.51. The fraction of sp³-hybridized carbons (Fsp3) is 0.769. The molecule has 1 saturated heterocycles. The van der Waals surface area contributed by atoms with Crippen molar-refractivity contribution in [3.63, 3.8) is 0 Å². The summed E-state index contributed by atoms with van der Waals surface area (Å²) in [6, 6.07) is 0.493. The SMILES string of the molecule is C[C@H]1CN(CC(=O)N(C)C2=CCCC2)CCN1. The van der Waals surface area contributed by atoms with E-state index < -0.39 is 0 Å². The minimum absolute atomic E-state index is 0.229. The van der Waals surface area contributed by atoms with Gasteiger partial charge in [-0.2, -0.15) is 0 Å². The van der Waals surface area contributed by atoms with Gasteiger partial charge < -0.3 is 10.2 Å². The van der Waals surface area contributed by atoms with Crippen LogP contribution in [0.2, 0.25) is 0 Å². The zero-order valence-electron chi connectivity index (χ0n) is 10.9. The molecule has 0 saturated carbocycles. The molecule has 1 N–H and O–H groups in total. The molecule has 96 valence electrons. The molecule has 0 aromatic heterocycles. The predicted octanol–water partition coefficient (Wildman–Crippen LogP) is 0.806. The van der Waals surface area contributed by atoms with Crippen molar-refractivity contribution in [2.75, 3.05) is 33.2 Å². The molecule has 1 aliphatic heterocycles. The topological polar surface area (TPSA) is 35.6 Å². The van der Waals surface area contributed by atoms with Gasteiger partial charge in [-0.3, -0.25) is 9.69 Å². The number of allylic oxidation sites excluding steroid dienone is 2. The fourth-order valence-electron chi connectivity index (χ4n) is 2.57. The summed E-state index contributed by atoms with van der Waals surface area (Å²) in [5, 5.41) is 3.39. The average Bonchev–Trinajstić information content (AvgIpc) is 2.81. The third-order valence-corrected chi connectivity index (χ3v) is 3.63. The summed E-state index contributed by atoms with van der Waals surface area (Å²) in [7, 11) is 1.91. The van der Waals surface area contributed by atoms with Gasteiger partial charge in [0.05, 0.1) is 6.54 Å². The lowest BCUT2D eigenvalue weighted by molar-refractivity contribution is -0.129. The Kier molecular flexibility index (Phi) is 4.18. The highest BCUT2D eigenvalue weighted by Crippen LogP contribution is 2.20. The minimum Gasteiger partial charge on any atom is -0.318 e. The van der Waals surface area contributed by atoms with Crippen molar-refractivity contribution in [1.82, 2.24) is 15.1 Å². The van der Waals surface area contributed by atoms with E-state index in [-0.39, 0.29) is 5.91 Å². The number of hydrogen-bond acceptors (Lipinski definition) is 3. The molecule has 0 aromatic carbocycles. The van der Waals surface area contributed by atoms with Crippen LogP contribution in [0.4, 0.5) is 0 Å². The molecule has 4 heteroatoms. The second-order valence-electron chi connectivity index (χ2n) is 5.13. The number of nitrogens with zero attached hydrogens (tertiary/aromatic N) is 2. The van der Waals surface area contributed by atoms with Crippen LogP contribution in [0.3, 0.4) is 0 Å². The molecule has 0 bridgehead atoms. The van der Waals surface area contributed by atoms with Gasteiger partial charge in [0.15, 0.2) is 0 Å². The molecule has 4 nitrogen and oxygen atoms in total. The summed E-state index contributed by atoms with van der Waals surface area (Å²) >= 11 is 0. The van der Waals surface area contributed by atoms with Crippen LogP contribution in [0.25, 0.3) is 0 Å². The number of hydrogen-bond donors (Lipinski definition) is 1. The quantitative estimate of drug-likeness (QED) is 0.789. The summed E-state index contributed by atoms with van der Waals surface area (Å²) in [5.74, 6) is 0.229. The smallest absolute Gasteiger partial charge is 0.240 e. The largest absolute Gasteiger partial charge is 0.318 e. The summed E-state index contributed by atoms with van der Waals surface area (Å²) in [4.78, 5) is 16.2. The van der Waals surface area contributed by atoms with Crippen LogP contribution in [-0.2, 0) is 4.79 Å². The zero-order valence-corrected chi connectivity index (χ0v) is 10.9. The number of piperazine rings is 1. The Balaban J connectivity index is 1.83. The Bertz CT molecular complexity index is 314. The molecule has 0 unspecified atom stereocenters. The zero-order chi connectivity index (χ0) is 12.3. The van der Waals surface area contributed by atoms with E-state index in [0.29, 0.717) is 12.6 Å². The number of rotatable bonds is 3. The normalized spacial score (nSPS) is 25.8. The van der Waals surface area contributed by atoms with Gasteiger partial charge in [-0.05, 0) is 26.2 Å². The van der Waals surface area contributed by atoms with Crippen LogP contribution in [-0.4, -0.2) is 55.0 Å². The Morgan fingerprint density at radius 1 is 1.65 bits per heavy atom. The molecule has 0 spiro atoms. The van der Waals surface area contributed by atoms with Crippen LogP contribution in [0.5, 0.6) is 0 Å². The summed E-state index contributed by atoms with van der Waals surface area (Å²) in [6.45, 7) is 5.65. The summed E-state index contributed by atoms with van der Waals surface area (Å²) in [5.41, 5.74) is 1.21. The maximum Gasteiger partial charge on any atom is 0.240 e. The first-order chi connectivity index (χ1) is 8.16. The summed E-state index contributed by atoms with van der Waals surface area (Å²) < 4.78 is 0. The van der Waals surface area contributed by atoms with Crippen LogP contribution in [0.15, 0.2) is 11.8 Å². The van der Waals surface area contributed by atoms with E-state index in [0.717, 1.165) is 32.5 Å². The van der Waals surface area contributed by atoms with Gasteiger partial charge in [0.25, 0.3) is 0 Å². The molecule has 1 heterocycles. The first-order valence-electron chi connectivity index (χ1n) is 6.58. The highest BCUT2D eigenvalue weighted by atomic mass is 16.2. The van der Waals surface area contributed by atoms with E-state index in [2.05, 4.69) is 23.2 Å². The van der Waals surface area contributed by atoms with Crippen LogP contribution >= 0.6 is 0 Å². The van der Waals surface area contributed by atoms with E-state index in [1.54, 1.807) is 0 Å². The summed E-state index contributed by atoms with van der Waals surface area (Å²) in [6.07, 6.45) is 5.56. The van der Waals surface area contributed by atoms with Gasteiger partial charge in [0, 0.05) is 38.4 Å². The molecular weight excluding hydrogens is 214 g/mol. The van der Waals surface area contributed by atoms with Crippen molar-refractivity contribution in [3.05, 3.63) is 11.8 Å². The van der Waals surface area contributed by atoms with Gasteiger partial charge in [-0.25, -0.2) is 0 Å². The standard InChI is InChI=1S/C13H23N3O/c1-11-9-16(8-7-14-11)10-13(17)15(2)12-5-3-4-6-12/h5,11,14H,3-4,6-10H2,1-2H3/t11-/m0/s1. The Morgan fingerprint density at radius 3 is 3.12 bits per heavy atom. The van der Waals surface area contributed by atoms with Crippen molar-refractivity contribution in [2.24, 2.45) is 0 Å². The Hall–Kier alpha value is -0.870. The van der Waals surface area contributed by atoms with Gasteiger partial charge in [-0.15, -0.1) is 0 Å². The van der Waals surface area contributed by atoms with Gasteiger partial charge >= 0.3 is 0 Å². The number of nitrogens with one attached hydrogen (secondary N) is 1. The maximum atomic E-state index is 12.1. The van der Waals surface area contributed by atoms with Crippen molar-refractivity contribution in [1.29, 1.82) is 0 Å². The molecule has 1 fully saturated rings. The van der Waals surface area contributed by atoms with Crippen molar-refractivity contribution in [3.8, 4) is 0 Å². The first kappa shape index (κ1) is 12.6.